The first-order valence-corrected chi connectivity index (χ1v) is 8.01. The van der Waals surface area contributed by atoms with Gasteiger partial charge in [-0.1, -0.05) is 55.3 Å². The molecule has 2 heteroatoms. The molecule has 1 saturated carbocycles. The van der Waals surface area contributed by atoms with Gasteiger partial charge in [0, 0.05) is 5.54 Å². The second-order valence-corrected chi connectivity index (χ2v) is 6.50. The number of hydrogen-bond acceptors (Lipinski definition) is 2. The summed E-state index contributed by atoms with van der Waals surface area (Å²) in [5.74, 6) is 0. The van der Waals surface area contributed by atoms with E-state index in [0.29, 0.717) is 6.04 Å². The van der Waals surface area contributed by atoms with Gasteiger partial charge in [0.25, 0.3) is 0 Å². The number of fused-ring (bicyclic) bond motifs is 1. The predicted octanol–water partition coefficient (Wildman–Crippen LogP) is 3.97. The van der Waals surface area contributed by atoms with Crippen LogP contribution in [0.3, 0.4) is 0 Å². The minimum Gasteiger partial charge on any atom is -0.311 e. The zero-order chi connectivity index (χ0) is 14.9. The van der Waals surface area contributed by atoms with E-state index in [4.69, 9.17) is 0 Å². The van der Waals surface area contributed by atoms with Gasteiger partial charge >= 0.3 is 0 Å². The first-order valence-electron chi connectivity index (χ1n) is 8.01. The van der Waals surface area contributed by atoms with Crippen LogP contribution in [0.5, 0.6) is 0 Å². The summed E-state index contributed by atoms with van der Waals surface area (Å²) in [6.07, 6.45) is 5.21. The van der Waals surface area contributed by atoms with Gasteiger partial charge < -0.3 is 10.2 Å². The molecular weight excluding hydrogens is 256 g/mol. The van der Waals surface area contributed by atoms with Crippen LogP contribution in [-0.2, 0) is 0 Å². The Balaban J connectivity index is 2.14. The molecule has 1 aliphatic carbocycles. The smallest absolute Gasteiger partial charge is 0.0510 e. The molecule has 0 spiro atoms. The van der Waals surface area contributed by atoms with Crippen LogP contribution >= 0.6 is 0 Å². The maximum atomic E-state index is 3.63. The van der Waals surface area contributed by atoms with E-state index in [0.717, 1.165) is 0 Å². The lowest BCUT2D eigenvalue weighted by Crippen LogP contribution is -2.51. The summed E-state index contributed by atoms with van der Waals surface area (Å²) >= 11 is 0. The van der Waals surface area contributed by atoms with Gasteiger partial charge in [-0.15, -0.1) is 0 Å². The molecule has 0 amide bonds. The number of benzene rings is 2. The van der Waals surface area contributed by atoms with Crippen LogP contribution in [0.4, 0.5) is 0 Å². The van der Waals surface area contributed by atoms with Crippen molar-refractivity contribution in [2.24, 2.45) is 0 Å². The fourth-order valence-electron chi connectivity index (χ4n) is 4.20. The average molecular weight is 282 g/mol. The molecule has 1 unspecified atom stereocenters. The normalized spacial score (nSPS) is 19.2. The summed E-state index contributed by atoms with van der Waals surface area (Å²) < 4.78 is 0. The van der Waals surface area contributed by atoms with Gasteiger partial charge in [-0.05, 0) is 50.3 Å². The van der Waals surface area contributed by atoms with Gasteiger partial charge in [0.15, 0.2) is 0 Å². The molecule has 0 bridgehead atoms. The Hall–Kier alpha value is -1.38. The van der Waals surface area contributed by atoms with Crippen LogP contribution in [0.25, 0.3) is 10.8 Å². The number of nitrogens with one attached hydrogen (secondary N) is 1. The first-order chi connectivity index (χ1) is 10.2. The third kappa shape index (κ3) is 2.37. The monoisotopic (exact) mass is 282 g/mol. The van der Waals surface area contributed by atoms with Crippen LogP contribution in [0.1, 0.15) is 37.3 Å². The van der Waals surface area contributed by atoms with E-state index in [9.17, 15) is 0 Å². The maximum Gasteiger partial charge on any atom is 0.0510 e. The molecule has 1 fully saturated rings. The van der Waals surface area contributed by atoms with Crippen molar-refractivity contribution in [1.29, 1.82) is 0 Å². The Kier molecular flexibility index (Phi) is 4.01. The van der Waals surface area contributed by atoms with Crippen molar-refractivity contribution in [1.82, 2.24) is 10.2 Å². The van der Waals surface area contributed by atoms with E-state index < -0.39 is 0 Å². The van der Waals surface area contributed by atoms with E-state index in [1.54, 1.807) is 0 Å². The third-order valence-corrected chi connectivity index (χ3v) is 5.32. The summed E-state index contributed by atoms with van der Waals surface area (Å²) in [4.78, 5) is 2.45. The van der Waals surface area contributed by atoms with E-state index in [1.165, 1.54) is 42.0 Å². The highest BCUT2D eigenvalue weighted by atomic mass is 15.2. The molecule has 2 aromatic carbocycles. The molecule has 0 radical (unpaired) electrons. The van der Waals surface area contributed by atoms with Gasteiger partial charge in [-0.3, -0.25) is 0 Å². The Bertz CT molecular complexity index is 606. The van der Waals surface area contributed by atoms with E-state index in [1.807, 2.05) is 0 Å². The molecule has 21 heavy (non-hydrogen) atoms. The summed E-state index contributed by atoms with van der Waals surface area (Å²) in [7, 11) is 6.58. The van der Waals surface area contributed by atoms with Crippen LogP contribution in [0.15, 0.2) is 42.5 Å². The molecule has 0 aromatic heterocycles. The molecule has 1 atom stereocenters. The topological polar surface area (TPSA) is 15.3 Å². The van der Waals surface area contributed by atoms with Gasteiger partial charge in [-0.25, -0.2) is 0 Å². The standard InChI is InChI=1S/C19H26N2/c1-20-18(19(21(2)3)13-6-7-14-19)17-12-8-10-15-9-4-5-11-16(15)17/h4-5,8-12,18,20H,6-7,13-14H2,1-3H3. The molecule has 0 heterocycles. The molecule has 3 rings (SSSR count). The zero-order valence-electron chi connectivity index (χ0n) is 13.4. The molecule has 112 valence electrons. The van der Waals surface area contributed by atoms with Crippen LogP contribution in [-0.4, -0.2) is 31.6 Å². The van der Waals surface area contributed by atoms with Crippen molar-refractivity contribution in [3.63, 3.8) is 0 Å². The summed E-state index contributed by atoms with van der Waals surface area (Å²) in [6, 6.07) is 15.8. The van der Waals surface area contributed by atoms with Gasteiger partial charge in [0.1, 0.15) is 0 Å². The fraction of sp³-hybridized carbons (Fsp3) is 0.474. The third-order valence-electron chi connectivity index (χ3n) is 5.32. The second-order valence-electron chi connectivity index (χ2n) is 6.50. The van der Waals surface area contributed by atoms with Crippen molar-refractivity contribution in [2.75, 3.05) is 21.1 Å². The number of hydrogen-bond donors (Lipinski definition) is 1. The van der Waals surface area contributed by atoms with E-state index >= 15 is 0 Å². The SMILES string of the molecule is CNC(c1cccc2ccccc12)C1(N(C)C)CCCC1. The summed E-state index contributed by atoms with van der Waals surface area (Å²) in [6.45, 7) is 0. The van der Waals surface area contributed by atoms with Gasteiger partial charge in [0.2, 0.25) is 0 Å². The van der Waals surface area contributed by atoms with Crippen LogP contribution < -0.4 is 5.32 Å². The summed E-state index contributed by atoms with van der Waals surface area (Å²) in [5, 5.41) is 6.35. The Morgan fingerprint density at radius 1 is 1.00 bits per heavy atom. The van der Waals surface area contributed by atoms with Crippen molar-refractivity contribution in [3.05, 3.63) is 48.0 Å². The highest BCUT2D eigenvalue weighted by Crippen LogP contribution is 2.44. The molecule has 1 aliphatic rings. The summed E-state index contributed by atoms with van der Waals surface area (Å²) in [5.41, 5.74) is 1.67. The molecule has 2 aromatic rings. The number of likely N-dealkylation sites (N-methyl/N-ethyl adjacent to an activating group) is 2. The highest BCUT2D eigenvalue weighted by molar-refractivity contribution is 5.86. The van der Waals surface area contributed by atoms with Crippen molar-refractivity contribution in [3.8, 4) is 0 Å². The lowest BCUT2D eigenvalue weighted by molar-refractivity contribution is 0.109. The van der Waals surface area contributed by atoms with Crippen LogP contribution in [0.2, 0.25) is 0 Å². The minimum absolute atomic E-state index is 0.235. The zero-order valence-corrected chi connectivity index (χ0v) is 13.4. The van der Waals surface area contributed by atoms with E-state index in [-0.39, 0.29) is 5.54 Å². The van der Waals surface area contributed by atoms with Crippen molar-refractivity contribution < 1.29 is 0 Å². The molecule has 1 N–H and O–H groups in total. The van der Waals surface area contributed by atoms with E-state index in [2.05, 4.69) is 73.8 Å². The second kappa shape index (κ2) is 5.78. The predicted molar refractivity (Wildman–Crippen MR) is 90.6 cm³/mol. The Morgan fingerprint density at radius 3 is 2.33 bits per heavy atom. The fourth-order valence-corrected chi connectivity index (χ4v) is 4.20. The molecule has 2 nitrogen and oxygen atoms in total. The molecule has 0 saturated heterocycles. The number of rotatable bonds is 4. The van der Waals surface area contributed by atoms with Crippen molar-refractivity contribution >= 4 is 10.8 Å². The quantitative estimate of drug-likeness (QED) is 0.912. The average Bonchev–Trinajstić information content (AvgIpc) is 2.99. The highest BCUT2D eigenvalue weighted by Gasteiger charge is 2.43. The van der Waals surface area contributed by atoms with Gasteiger partial charge in [0.05, 0.1) is 6.04 Å². The minimum atomic E-state index is 0.235. The Morgan fingerprint density at radius 2 is 1.67 bits per heavy atom. The maximum absolute atomic E-state index is 3.63. The number of nitrogens with zero attached hydrogens (tertiary/aromatic N) is 1. The Labute approximate surface area is 128 Å². The molecule has 0 aliphatic heterocycles. The molecular formula is C19H26N2. The lowest BCUT2D eigenvalue weighted by atomic mass is 9.81. The van der Waals surface area contributed by atoms with Crippen molar-refractivity contribution in [2.45, 2.75) is 37.3 Å². The van der Waals surface area contributed by atoms with Gasteiger partial charge in [-0.2, -0.15) is 0 Å². The first kappa shape index (κ1) is 14.6. The van der Waals surface area contributed by atoms with Crippen LogP contribution in [0, 0.1) is 0 Å². The lowest BCUT2D eigenvalue weighted by Gasteiger charge is -2.44. The largest absolute Gasteiger partial charge is 0.311 e.